The number of aromatic nitrogens is 1. The summed E-state index contributed by atoms with van der Waals surface area (Å²) in [5.74, 6) is -0.269. The van der Waals surface area contributed by atoms with Crippen molar-refractivity contribution in [1.29, 1.82) is 0 Å². The Balaban J connectivity index is 1.64. The first kappa shape index (κ1) is 25.9. The Bertz CT molecular complexity index is 1510. The number of hydrogen-bond donors (Lipinski definition) is 1. The molecule has 4 aromatic rings. The van der Waals surface area contributed by atoms with Crippen LogP contribution in [0.15, 0.2) is 66.7 Å². The molecule has 38 heavy (non-hydrogen) atoms. The van der Waals surface area contributed by atoms with Crippen molar-refractivity contribution in [2.24, 2.45) is 0 Å². The first-order valence-corrected chi connectivity index (χ1v) is 11.3. The van der Waals surface area contributed by atoms with Gasteiger partial charge in [0.15, 0.2) is 18.1 Å². The smallest absolute Gasteiger partial charge is 0.339 e. The van der Waals surface area contributed by atoms with Crippen LogP contribution in [0.1, 0.15) is 10.4 Å². The number of carbonyl (C=O) groups excluding carboxylic acids is 2. The molecule has 0 aliphatic carbocycles. The number of fused-ring (bicyclic) bond motifs is 1. The molecule has 194 valence electrons. The highest BCUT2D eigenvalue weighted by atomic mass is 16.6. The predicted octanol–water partition coefficient (Wildman–Crippen LogP) is 4.63. The number of esters is 1. The summed E-state index contributed by atoms with van der Waals surface area (Å²) < 4.78 is 21.5. The highest BCUT2D eigenvalue weighted by Gasteiger charge is 2.20. The van der Waals surface area contributed by atoms with Gasteiger partial charge in [0, 0.05) is 17.0 Å². The molecular weight excluding hydrogens is 494 g/mol. The number of nitro groups is 1. The molecule has 0 aliphatic heterocycles. The zero-order valence-corrected chi connectivity index (χ0v) is 20.7. The number of pyridine rings is 1. The number of nitro benzene ring substituents is 1. The zero-order chi connectivity index (χ0) is 27.2. The predicted molar refractivity (Wildman–Crippen MR) is 139 cm³/mol. The molecule has 0 saturated carbocycles. The molecule has 1 N–H and O–H groups in total. The van der Waals surface area contributed by atoms with Gasteiger partial charge < -0.3 is 24.3 Å². The molecule has 1 aromatic heterocycles. The van der Waals surface area contributed by atoms with Gasteiger partial charge in [0.05, 0.1) is 43.0 Å². The van der Waals surface area contributed by atoms with E-state index in [1.165, 1.54) is 39.5 Å². The number of carbonyl (C=O) groups is 2. The Hall–Kier alpha value is -5.19. The summed E-state index contributed by atoms with van der Waals surface area (Å²) >= 11 is 0. The molecule has 0 saturated heterocycles. The number of anilines is 1. The highest BCUT2D eigenvalue weighted by molar-refractivity contribution is 6.05. The molecule has 11 heteroatoms. The van der Waals surface area contributed by atoms with Crippen LogP contribution in [0.2, 0.25) is 0 Å². The average Bonchev–Trinajstić information content (AvgIpc) is 2.94. The minimum atomic E-state index is -0.769. The average molecular weight is 517 g/mol. The van der Waals surface area contributed by atoms with E-state index in [4.69, 9.17) is 18.9 Å². The van der Waals surface area contributed by atoms with Crippen LogP contribution in [-0.2, 0) is 9.53 Å². The Labute approximate surface area is 217 Å². The summed E-state index contributed by atoms with van der Waals surface area (Å²) in [6.07, 6.45) is 0. The fraction of sp³-hybridized carbons (Fsp3) is 0.148. The molecule has 0 unspecified atom stereocenters. The second-order valence-corrected chi connectivity index (χ2v) is 7.88. The molecular formula is C27H23N3O8. The largest absolute Gasteiger partial charge is 0.493 e. The lowest BCUT2D eigenvalue weighted by molar-refractivity contribution is -0.383. The number of benzene rings is 3. The molecule has 0 spiro atoms. The van der Waals surface area contributed by atoms with Crippen LogP contribution in [0.4, 0.5) is 11.4 Å². The molecule has 0 radical (unpaired) electrons. The number of para-hydroxylation sites is 3. The van der Waals surface area contributed by atoms with E-state index in [0.29, 0.717) is 39.4 Å². The molecule has 11 nitrogen and oxygen atoms in total. The quantitative estimate of drug-likeness (QED) is 0.191. The van der Waals surface area contributed by atoms with Crippen molar-refractivity contribution < 1.29 is 33.5 Å². The summed E-state index contributed by atoms with van der Waals surface area (Å²) in [6.45, 7) is -0.652. The number of ether oxygens (including phenoxy) is 4. The van der Waals surface area contributed by atoms with Gasteiger partial charge in [-0.1, -0.05) is 30.3 Å². The van der Waals surface area contributed by atoms with Crippen LogP contribution in [0.25, 0.3) is 22.2 Å². The summed E-state index contributed by atoms with van der Waals surface area (Å²) in [5.41, 5.74) is 1.44. The second kappa shape index (κ2) is 11.2. The first-order valence-electron chi connectivity index (χ1n) is 11.3. The van der Waals surface area contributed by atoms with Gasteiger partial charge >= 0.3 is 5.97 Å². The van der Waals surface area contributed by atoms with Gasteiger partial charge in [-0.2, -0.15) is 0 Å². The number of amides is 1. The normalized spacial score (nSPS) is 10.5. The molecule has 1 amide bonds. The van der Waals surface area contributed by atoms with E-state index in [1.54, 1.807) is 48.5 Å². The maximum absolute atomic E-state index is 13.1. The van der Waals surface area contributed by atoms with Crippen LogP contribution in [0, 0.1) is 10.1 Å². The van der Waals surface area contributed by atoms with Gasteiger partial charge in [-0.3, -0.25) is 14.9 Å². The number of rotatable bonds is 9. The Morgan fingerprint density at radius 2 is 1.58 bits per heavy atom. The maximum Gasteiger partial charge on any atom is 0.339 e. The Morgan fingerprint density at radius 3 is 2.24 bits per heavy atom. The third-order valence-corrected chi connectivity index (χ3v) is 5.61. The topological polar surface area (TPSA) is 139 Å². The second-order valence-electron chi connectivity index (χ2n) is 7.88. The monoisotopic (exact) mass is 517 g/mol. The number of nitrogens with one attached hydrogen (secondary N) is 1. The van der Waals surface area contributed by atoms with Crippen molar-refractivity contribution in [2.75, 3.05) is 33.3 Å². The van der Waals surface area contributed by atoms with E-state index in [0.717, 1.165) is 0 Å². The van der Waals surface area contributed by atoms with Crippen LogP contribution in [-0.4, -0.2) is 49.7 Å². The van der Waals surface area contributed by atoms with Gasteiger partial charge in [0.2, 0.25) is 5.75 Å². The zero-order valence-electron chi connectivity index (χ0n) is 20.7. The van der Waals surface area contributed by atoms with Crippen LogP contribution >= 0.6 is 0 Å². The first-order chi connectivity index (χ1) is 18.4. The molecule has 1 heterocycles. The number of nitrogens with zero attached hydrogens (tertiary/aromatic N) is 2. The van der Waals surface area contributed by atoms with Crippen molar-refractivity contribution in [1.82, 2.24) is 4.98 Å². The van der Waals surface area contributed by atoms with Crippen LogP contribution in [0.5, 0.6) is 17.2 Å². The van der Waals surface area contributed by atoms with Crippen molar-refractivity contribution >= 4 is 34.2 Å². The highest BCUT2D eigenvalue weighted by Crippen LogP contribution is 2.41. The fourth-order valence-electron chi connectivity index (χ4n) is 3.85. The molecule has 0 fully saturated rings. The van der Waals surface area contributed by atoms with Crippen LogP contribution in [0.3, 0.4) is 0 Å². The van der Waals surface area contributed by atoms with E-state index >= 15 is 0 Å². The Kier molecular flexibility index (Phi) is 7.66. The molecule has 0 aliphatic rings. The lowest BCUT2D eigenvalue weighted by Gasteiger charge is -2.15. The summed E-state index contributed by atoms with van der Waals surface area (Å²) in [4.78, 5) is 40.8. The summed E-state index contributed by atoms with van der Waals surface area (Å²) in [5, 5.41) is 14.1. The van der Waals surface area contributed by atoms with E-state index in [9.17, 15) is 19.7 Å². The third kappa shape index (κ3) is 5.31. The van der Waals surface area contributed by atoms with Crippen molar-refractivity contribution in [2.45, 2.75) is 0 Å². The van der Waals surface area contributed by atoms with Gasteiger partial charge in [-0.15, -0.1) is 0 Å². The Morgan fingerprint density at radius 1 is 0.921 bits per heavy atom. The third-order valence-electron chi connectivity index (χ3n) is 5.61. The lowest BCUT2D eigenvalue weighted by Crippen LogP contribution is -2.21. The van der Waals surface area contributed by atoms with Gasteiger partial charge in [0.25, 0.3) is 11.6 Å². The van der Waals surface area contributed by atoms with Crippen LogP contribution < -0.4 is 19.5 Å². The van der Waals surface area contributed by atoms with Gasteiger partial charge in [-0.25, -0.2) is 9.78 Å². The minimum absolute atomic E-state index is 0.00223. The van der Waals surface area contributed by atoms with Crippen molar-refractivity contribution in [3.05, 3.63) is 82.4 Å². The van der Waals surface area contributed by atoms with E-state index < -0.39 is 23.4 Å². The maximum atomic E-state index is 13.1. The van der Waals surface area contributed by atoms with E-state index in [2.05, 4.69) is 10.3 Å². The SMILES string of the molecule is COc1cc(-c2cc(C(=O)OCC(=O)Nc3ccccc3[N+](=O)[O-])c3ccccc3n2)cc(OC)c1OC. The molecule has 3 aromatic carbocycles. The van der Waals surface area contributed by atoms with Crippen molar-refractivity contribution in [3.8, 4) is 28.5 Å². The lowest BCUT2D eigenvalue weighted by atomic mass is 10.0. The van der Waals surface area contributed by atoms with E-state index in [1.807, 2.05) is 0 Å². The van der Waals surface area contributed by atoms with Gasteiger partial charge in [-0.05, 0) is 30.3 Å². The van der Waals surface area contributed by atoms with Crippen molar-refractivity contribution in [3.63, 3.8) is 0 Å². The molecule has 0 bridgehead atoms. The molecule has 0 atom stereocenters. The summed E-state index contributed by atoms with van der Waals surface area (Å²) in [7, 11) is 4.48. The fourth-order valence-corrected chi connectivity index (χ4v) is 3.85. The summed E-state index contributed by atoms with van der Waals surface area (Å²) in [6, 6.07) is 17.6. The minimum Gasteiger partial charge on any atom is -0.493 e. The number of hydrogen-bond acceptors (Lipinski definition) is 9. The number of methoxy groups -OCH3 is 3. The standard InChI is InChI=1S/C27H23N3O8/c1-35-23-12-16(13-24(36-2)26(23)37-3)21-14-18(17-8-4-5-9-19(17)28-21)27(32)38-15-25(31)29-20-10-6-7-11-22(20)30(33)34/h4-14H,15H2,1-3H3,(H,29,31). The molecule has 4 rings (SSSR count). The van der Waals surface area contributed by atoms with Gasteiger partial charge in [0.1, 0.15) is 5.69 Å². The van der Waals surface area contributed by atoms with E-state index in [-0.39, 0.29) is 16.9 Å².